The number of aromatic nitrogens is 1. The Morgan fingerprint density at radius 1 is 1.19 bits per heavy atom. The molecular weight excluding hydrogens is 294 g/mol. The van der Waals surface area contributed by atoms with Crippen molar-refractivity contribution in [3.63, 3.8) is 0 Å². The van der Waals surface area contributed by atoms with Crippen LogP contribution in [0.1, 0.15) is 19.4 Å². The van der Waals surface area contributed by atoms with Crippen molar-refractivity contribution in [3.8, 4) is 0 Å². The van der Waals surface area contributed by atoms with E-state index in [2.05, 4.69) is 10.3 Å². The number of amides is 2. The molecule has 0 aliphatic rings. The molecule has 0 aromatic carbocycles. The van der Waals surface area contributed by atoms with Gasteiger partial charge in [0.15, 0.2) is 0 Å². The minimum Gasteiger partial charge on any atom is -0.350 e. The Kier molecular flexibility index (Phi) is 4.87. The molecule has 1 rings (SSSR count). The molecule has 1 heterocycles. The summed E-state index contributed by atoms with van der Waals surface area (Å²) in [5, 5.41) is 3.87. The second kappa shape index (κ2) is 6.06. The molecule has 1 aromatic rings. The summed E-state index contributed by atoms with van der Waals surface area (Å²) in [6.07, 6.45) is -2.81. The van der Waals surface area contributed by atoms with E-state index in [1.54, 1.807) is 5.32 Å². The third-order valence-electron chi connectivity index (χ3n) is 2.47. The van der Waals surface area contributed by atoms with Gasteiger partial charge < -0.3 is 10.6 Å². The van der Waals surface area contributed by atoms with Gasteiger partial charge in [0.05, 0.1) is 6.20 Å². The normalized spacial score (nSPS) is 11.9. The molecule has 116 valence electrons. The fourth-order valence-corrected chi connectivity index (χ4v) is 1.37. The molecule has 0 saturated heterocycles. The van der Waals surface area contributed by atoms with Crippen LogP contribution in [0, 0.1) is 5.82 Å². The second-order valence-electron chi connectivity index (χ2n) is 4.77. The molecule has 9 heteroatoms. The van der Waals surface area contributed by atoms with E-state index in [0.717, 1.165) is 26.1 Å². The zero-order valence-electron chi connectivity index (χ0n) is 11.2. The Morgan fingerprint density at radius 2 is 1.81 bits per heavy atom. The minimum atomic E-state index is -5.08. The van der Waals surface area contributed by atoms with Gasteiger partial charge in [-0.3, -0.25) is 14.6 Å². The molecule has 2 N–H and O–H groups in total. The summed E-state index contributed by atoms with van der Waals surface area (Å²) in [6.45, 7) is 2.11. The third-order valence-corrected chi connectivity index (χ3v) is 2.47. The van der Waals surface area contributed by atoms with Crippen molar-refractivity contribution in [2.75, 3.05) is 0 Å². The molecular formula is C12H13F4N3O2. The Morgan fingerprint density at radius 3 is 2.33 bits per heavy atom. The first-order chi connectivity index (χ1) is 9.52. The number of rotatable bonds is 4. The van der Waals surface area contributed by atoms with Crippen LogP contribution in [-0.4, -0.2) is 28.5 Å². The highest BCUT2D eigenvalue weighted by atomic mass is 19.4. The van der Waals surface area contributed by atoms with Gasteiger partial charge >= 0.3 is 12.1 Å². The summed E-state index contributed by atoms with van der Waals surface area (Å²) >= 11 is 0. The highest BCUT2D eigenvalue weighted by molar-refractivity contribution is 5.92. The van der Waals surface area contributed by atoms with E-state index in [1.807, 2.05) is 0 Å². The number of hydrogen-bond acceptors (Lipinski definition) is 3. The number of nitrogens with one attached hydrogen (secondary N) is 2. The number of pyridine rings is 1. The van der Waals surface area contributed by atoms with Crippen LogP contribution in [0.3, 0.4) is 0 Å². The van der Waals surface area contributed by atoms with Crippen LogP contribution in [0.15, 0.2) is 18.5 Å². The molecule has 0 atom stereocenters. The summed E-state index contributed by atoms with van der Waals surface area (Å²) in [4.78, 5) is 26.2. The van der Waals surface area contributed by atoms with Gasteiger partial charge in [-0.15, -0.1) is 0 Å². The maximum Gasteiger partial charge on any atom is 0.471 e. The monoisotopic (exact) mass is 307 g/mol. The van der Waals surface area contributed by atoms with Gasteiger partial charge in [-0.2, -0.15) is 13.2 Å². The van der Waals surface area contributed by atoms with Crippen molar-refractivity contribution in [2.24, 2.45) is 0 Å². The summed E-state index contributed by atoms with van der Waals surface area (Å²) < 4.78 is 49.3. The lowest BCUT2D eigenvalue weighted by Crippen LogP contribution is -2.57. The van der Waals surface area contributed by atoms with Crippen LogP contribution < -0.4 is 10.6 Å². The van der Waals surface area contributed by atoms with Crippen LogP contribution in [0.4, 0.5) is 17.6 Å². The van der Waals surface area contributed by atoms with Gasteiger partial charge in [0.1, 0.15) is 11.4 Å². The molecule has 1 aromatic heterocycles. The number of nitrogens with zero attached hydrogens (tertiary/aromatic N) is 1. The smallest absolute Gasteiger partial charge is 0.350 e. The van der Waals surface area contributed by atoms with Crippen molar-refractivity contribution in [1.82, 2.24) is 15.6 Å². The van der Waals surface area contributed by atoms with Gasteiger partial charge in [0.25, 0.3) is 0 Å². The predicted octanol–water partition coefficient (Wildman–Crippen LogP) is 1.29. The Bertz CT molecular complexity index is 544. The van der Waals surface area contributed by atoms with E-state index in [9.17, 15) is 27.2 Å². The highest BCUT2D eigenvalue weighted by Gasteiger charge is 2.43. The van der Waals surface area contributed by atoms with E-state index in [-0.39, 0.29) is 6.54 Å². The second-order valence-corrected chi connectivity index (χ2v) is 4.77. The number of carbonyl (C=O) groups is 2. The largest absolute Gasteiger partial charge is 0.471 e. The molecule has 0 saturated carbocycles. The number of alkyl halides is 3. The zero-order valence-corrected chi connectivity index (χ0v) is 11.2. The standard InChI is InChI=1S/C12H13F4N3O2/c1-11(2,19-10(21)12(14,15)16)9(20)18-5-7-3-8(13)6-17-4-7/h3-4,6H,5H2,1-2H3,(H,18,20)(H,19,21). The summed E-state index contributed by atoms with van der Waals surface area (Å²) in [5.74, 6) is -3.66. The maximum absolute atomic E-state index is 12.9. The topological polar surface area (TPSA) is 71.1 Å². The van der Waals surface area contributed by atoms with Crippen molar-refractivity contribution < 1.29 is 27.2 Å². The van der Waals surface area contributed by atoms with Crippen molar-refractivity contribution in [1.29, 1.82) is 0 Å². The van der Waals surface area contributed by atoms with Crippen molar-refractivity contribution in [2.45, 2.75) is 32.1 Å². The SMILES string of the molecule is CC(C)(NC(=O)C(F)(F)F)C(=O)NCc1cncc(F)c1. The quantitative estimate of drug-likeness (QED) is 0.824. The van der Waals surface area contributed by atoms with Gasteiger partial charge in [-0.1, -0.05) is 0 Å². The van der Waals surface area contributed by atoms with Crippen LogP contribution in [0.25, 0.3) is 0 Å². The first kappa shape index (κ1) is 16.9. The number of hydrogen-bond donors (Lipinski definition) is 2. The molecule has 0 spiro atoms. The number of halogens is 4. The lowest BCUT2D eigenvalue weighted by molar-refractivity contribution is -0.176. The Hall–Kier alpha value is -2.19. The van der Waals surface area contributed by atoms with E-state index in [0.29, 0.717) is 5.56 Å². The first-order valence-electron chi connectivity index (χ1n) is 5.79. The fourth-order valence-electron chi connectivity index (χ4n) is 1.37. The van der Waals surface area contributed by atoms with Gasteiger partial charge in [-0.25, -0.2) is 4.39 Å². The number of carbonyl (C=O) groups excluding carboxylic acids is 2. The lowest BCUT2D eigenvalue weighted by atomic mass is 10.0. The molecule has 0 aliphatic heterocycles. The third kappa shape index (κ3) is 5.01. The maximum atomic E-state index is 12.9. The summed E-state index contributed by atoms with van der Waals surface area (Å²) in [5.41, 5.74) is -1.44. The molecule has 0 bridgehead atoms. The summed E-state index contributed by atoms with van der Waals surface area (Å²) in [7, 11) is 0. The lowest BCUT2D eigenvalue weighted by Gasteiger charge is -2.25. The van der Waals surface area contributed by atoms with E-state index < -0.39 is 29.3 Å². The zero-order chi connectivity index (χ0) is 16.3. The predicted molar refractivity (Wildman–Crippen MR) is 64.3 cm³/mol. The van der Waals surface area contributed by atoms with Crippen LogP contribution in [0.5, 0.6) is 0 Å². The Labute approximate surface area is 117 Å². The average molecular weight is 307 g/mol. The molecule has 0 unspecified atom stereocenters. The van der Waals surface area contributed by atoms with Gasteiger partial charge in [0.2, 0.25) is 5.91 Å². The van der Waals surface area contributed by atoms with Crippen LogP contribution in [0.2, 0.25) is 0 Å². The minimum absolute atomic E-state index is 0.130. The summed E-state index contributed by atoms with van der Waals surface area (Å²) in [6, 6.07) is 1.12. The highest BCUT2D eigenvalue weighted by Crippen LogP contribution is 2.16. The molecule has 0 radical (unpaired) electrons. The van der Waals surface area contributed by atoms with Crippen molar-refractivity contribution in [3.05, 3.63) is 29.8 Å². The first-order valence-corrected chi connectivity index (χ1v) is 5.79. The molecule has 5 nitrogen and oxygen atoms in total. The van der Waals surface area contributed by atoms with E-state index in [4.69, 9.17) is 0 Å². The molecule has 21 heavy (non-hydrogen) atoms. The molecule has 0 aliphatic carbocycles. The van der Waals surface area contributed by atoms with E-state index in [1.165, 1.54) is 6.20 Å². The van der Waals surface area contributed by atoms with Crippen LogP contribution >= 0.6 is 0 Å². The Balaban J connectivity index is 2.63. The van der Waals surface area contributed by atoms with Gasteiger partial charge in [0, 0.05) is 12.7 Å². The molecule has 0 fully saturated rings. The molecule has 2 amide bonds. The van der Waals surface area contributed by atoms with Crippen molar-refractivity contribution >= 4 is 11.8 Å². The fraction of sp³-hybridized carbons (Fsp3) is 0.417. The van der Waals surface area contributed by atoms with E-state index >= 15 is 0 Å². The van der Waals surface area contributed by atoms with Crippen LogP contribution in [-0.2, 0) is 16.1 Å². The van der Waals surface area contributed by atoms with Gasteiger partial charge in [-0.05, 0) is 25.5 Å². The average Bonchev–Trinajstić information content (AvgIpc) is 2.34.